The van der Waals surface area contributed by atoms with Crippen molar-refractivity contribution in [1.29, 1.82) is 0 Å². The smallest absolute Gasteiger partial charge is 0.120 e. The van der Waals surface area contributed by atoms with Crippen LogP contribution in [0.25, 0.3) is 0 Å². The van der Waals surface area contributed by atoms with E-state index < -0.39 is 16.1 Å². The molecule has 0 heterocycles. The lowest BCUT2D eigenvalue weighted by Gasteiger charge is -2.21. The van der Waals surface area contributed by atoms with Crippen LogP contribution in [0, 0.1) is 6.92 Å². The fourth-order valence-electron chi connectivity index (χ4n) is 1.38. The molecule has 0 bridgehead atoms. The van der Waals surface area contributed by atoms with Gasteiger partial charge in [0.25, 0.3) is 0 Å². The first-order valence-electron chi connectivity index (χ1n) is 4.66. The molecule has 4 heteroatoms. The molecule has 1 aromatic rings. The summed E-state index contributed by atoms with van der Waals surface area (Å²) in [6.07, 6.45) is 0. The minimum absolute atomic E-state index is 0.107. The summed E-state index contributed by atoms with van der Waals surface area (Å²) >= 11 is -5.10. The van der Waals surface area contributed by atoms with E-state index in [0.29, 0.717) is 5.56 Å². The monoisotopic (exact) mass is 236 g/mol. The summed E-state index contributed by atoms with van der Waals surface area (Å²) in [5.74, 6) is 0. The van der Waals surface area contributed by atoms with E-state index in [1.54, 1.807) is 12.1 Å². The molecule has 0 atom stereocenters. The lowest BCUT2D eigenvalue weighted by molar-refractivity contribution is 0.587. The van der Waals surface area contributed by atoms with Crippen LogP contribution in [0.5, 0.6) is 0 Å². The van der Waals surface area contributed by atoms with Gasteiger partial charge in [0.2, 0.25) is 11.2 Å². The van der Waals surface area contributed by atoms with Gasteiger partial charge in [0, 0.05) is 0 Å². The van der Waals surface area contributed by atoms with Crippen molar-refractivity contribution in [3.63, 3.8) is 0 Å². The minimum Gasteiger partial charge on any atom is -0.120 e. The molecular weight excluding hydrogens is 221 g/mol. The van der Waals surface area contributed by atoms with Crippen LogP contribution in [0.2, 0.25) is 0 Å². The quantitative estimate of drug-likeness (QED) is 0.635. The number of hydrogen-bond acceptors (Lipinski definition) is 0. The minimum atomic E-state index is -5.10. The predicted octanol–water partition coefficient (Wildman–Crippen LogP) is 5.11. The fourth-order valence-corrected chi connectivity index (χ4v) is 2.02. The molecule has 0 amide bonds. The SMILES string of the molecule is Cc1cc(C(C)(C)C)ccc1S(F)(F)F. The van der Waals surface area contributed by atoms with Gasteiger partial charge in [0.1, 0.15) is 0 Å². The third kappa shape index (κ3) is 2.91. The van der Waals surface area contributed by atoms with Crippen molar-refractivity contribution in [2.45, 2.75) is 38.0 Å². The molecule has 0 aliphatic heterocycles. The van der Waals surface area contributed by atoms with E-state index in [9.17, 15) is 11.7 Å². The standard InChI is InChI=1S/C11H15F3S/c1-8-7-9(11(2,3)4)5-6-10(8)15(12,13)14/h5-7H,1-4H3. The molecule has 0 saturated carbocycles. The van der Waals surface area contributed by atoms with E-state index in [4.69, 9.17) is 0 Å². The maximum Gasteiger partial charge on any atom is 0.237 e. The van der Waals surface area contributed by atoms with Crippen LogP contribution in [0.4, 0.5) is 11.7 Å². The maximum absolute atomic E-state index is 12.6. The Morgan fingerprint density at radius 1 is 1.07 bits per heavy atom. The number of rotatable bonds is 1. The molecule has 0 saturated heterocycles. The van der Waals surface area contributed by atoms with Crippen molar-refractivity contribution in [3.8, 4) is 0 Å². The Morgan fingerprint density at radius 2 is 1.60 bits per heavy atom. The molecule has 0 unspecified atom stereocenters. The van der Waals surface area contributed by atoms with Gasteiger partial charge < -0.3 is 0 Å². The fraction of sp³-hybridized carbons (Fsp3) is 0.455. The second kappa shape index (κ2) is 3.74. The molecule has 1 aromatic carbocycles. The highest BCUT2D eigenvalue weighted by molar-refractivity contribution is 8.21. The van der Waals surface area contributed by atoms with Gasteiger partial charge in [-0.05, 0) is 29.5 Å². The highest BCUT2D eigenvalue weighted by atomic mass is 32.3. The van der Waals surface area contributed by atoms with Gasteiger partial charge in [-0.15, -0.1) is 11.7 Å². The highest BCUT2D eigenvalue weighted by Crippen LogP contribution is 2.61. The summed E-state index contributed by atoms with van der Waals surface area (Å²) in [7, 11) is 0. The summed E-state index contributed by atoms with van der Waals surface area (Å²) in [6.45, 7) is 7.48. The number of hydrogen-bond donors (Lipinski definition) is 0. The van der Waals surface area contributed by atoms with E-state index in [1.165, 1.54) is 13.0 Å². The van der Waals surface area contributed by atoms with Crippen LogP contribution in [-0.4, -0.2) is 0 Å². The van der Waals surface area contributed by atoms with Gasteiger partial charge in [-0.3, -0.25) is 0 Å². The van der Waals surface area contributed by atoms with Gasteiger partial charge in [0.15, 0.2) is 0 Å². The van der Waals surface area contributed by atoms with Gasteiger partial charge >= 0.3 is 0 Å². The zero-order valence-electron chi connectivity index (χ0n) is 9.27. The van der Waals surface area contributed by atoms with Crippen molar-refractivity contribution in [3.05, 3.63) is 29.3 Å². The summed E-state index contributed by atoms with van der Waals surface area (Å²) < 4.78 is 37.7. The van der Waals surface area contributed by atoms with E-state index in [1.807, 2.05) is 20.8 Å². The molecule has 0 aliphatic rings. The molecule has 0 N–H and O–H groups in total. The van der Waals surface area contributed by atoms with E-state index >= 15 is 0 Å². The summed E-state index contributed by atoms with van der Waals surface area (Å²) in [6, 6.07) is 4.41. The van der Waals surface area contributed by atoms with Crippen molar-refractivity contribution < 1.29 is 11.7 Å². The lowest BCUT2D eigenvalue weighted by Crippen LogP contribution is -2.11. The molecule has 1 rings (SSSR count). The van der Waals surface area contributed by atoms with Crippen molar-refractivity contribution in [1.82, 2.24) is 0 Å². The summed E-state index contributed by atoms with van der Waals surface area (Å²) in [5, 5.41) is 0. The van der Waals surface area contributed by atoms with E-state index in [0.717, 1.165) is 5.56 Å². The maximum atomic E-state index is 12.6. The van der Waals surface area contributed by atoms with Crippen LogP contribution in [-0.2, 0) is 5.41 Å². The molecule has 0 nitrogen and oxygen atoms in total. The normalized spacial score (nSPS) is 14.1. The highest BCUT2D eigenvalue weighted by Gasteiger charge is 2.27. The first-order valence-corrected chi connectivity index (χ1v) is 5.99. The number of halogens is 3. The van der Waals surface area contributed by atoms with Crippen LogP contribution in [0.15, 0.2) is 23.1 Å². The number of aryl methyl sites for hydroxylation is 1. The zero-order valence-corrected chi connectivity index (χ0v) is 10.1. The summed E-state index contributed by atoms with van der Waals surface area (Å²) in [4.78, 5) is -0.462. The van der Waals surface area contributed by atoms with E-state index in [2.05, 4.69) is 0 Å². The Kier molecular flexibility index (Phi) is 3.10. The lowest BCUT2D eigenvalue weighted by atomic mass is 9.86. The number of benzene rings is 1. The average Bonchev–Trinajstić information content (AvgIpc) is 1.99. The molecule has 0 spiro atoms. The van der Waals surface area contributed by atoms with Crippen molar-refractivity contribution >= 4 is 11.2 Å². The van der Waals surface area contributed by atoms with Crippen molar-refractivity contribution in [2.75, 3.05) is 0 Å². The largest absolute Gasteiger partial charge is 0.237 e. The average molecular weight is 236 g/mol. The van der Waals surface area contributed by atoms with Crippen LogP contribution in [0.1, 0.15) is 31.9 Å². The molecule has 86 valence electrons. The molecule has 0 aliphatic carbocycles. The predicted molar refractivity (Wildman–Crippen MR) is 59.1 cm³/mol. The third-order valence-electron chi connectivity index (χ3n) is 2.29. The first kappa shape index (κ1) is 12.4. The summed E-state index contributed by atoms with van der Waals surface area (Å²) in [5.41, 5.74) is 1.15. The molecule has 0 fully saturated rings. The van der Waals surface area contributed by atoms with Crippen LogP contribution in [0.3, 0.4) is 0 Å². The third-order valence-corrected chi connectivity index (χ3v) is 3.25. The first-order chi connectivity index (χ1) is 6.62. The topological polar surface area (TPSA) is 0 Å². The molecule has 15 heavy (non-hydrogen) atoms. The second-order valence-corrected chi connectivity index (χ2v) is 5.89. The Hall–Kier alpha value is -0.640. The Balaban J connectivity index is 3.21. The van der Waals surface area contributed by atoms with Gasteiger partial charge in [-0.1, -0.05) is 32.9 Å². The van der Waals surface area contributed by atoms with Crippen LogP contribution < -0.4 is 0 Å². The second-order valence-electron chi connectivity index (χ2n) is 4.64. The zero-order chi connectivity index (χ0) is 11.9. The van der Waals surface area contributed by atoms with Gasteiger partial charge in [0.05, 0.1) is 4.90 Å². The van der Waals surface area contributed by atoms with Gasteiger partial charge in [-0.2, -0.15) is 0 Å². The molecule has 0 aromatic heterocycles. The van der Waals surface area contributed by atoms with E-state index in [-0.39, 0.29) is 5.41 Å². The Bertz CT molecular complexity index is 361. The molecular formula is C11H15F3S. The van der Waals surface area contributed by atoms with Crippen LogP contribution >= 0.6 is 11.2 Å². The van der Waals surface area contributed by atoms with Gasteiger partial charge in [-0.25, -0.2) is 0 Å². The molecule has 0 radical (unpaired) electrons. The van der Waals surface area contributed by atoms with Crippen molar-refractivity contribution in [2.24, 2.45) is 0 Å². The Morgan fingerprint density at radius 3 is 1.93 bits per heavy atom. The Labute approximate surface area is 90.7 Å².